The maximum atomic E-state index is 5.98. The smallest absolute Gasteiger partial charge is 0.146 e. The zero-order valence-corrected chi connectivity index (χ0v) is 9.23. The van der Waals surface area contributed by atoms with Crippen LogP contribution in [0.1, 0.15) is 25.1 Å². The first-order chi connectivity index (χ1) is 6.11. The van der Waals surface area contributed by atoms with Gasteiger partial charge in [0, 0.05) is 6.54 Å². The van der Waals surface area contributed by atoms with E-state index in [-0.39, 0.29) is 6.04 Å². The Balaban J connectivity index is 3.06. The van der Waals surface area contributed by atoms with E-state index >= 15 is 0 Å². The molecule has 0 unspecified atom stereocenters. The number of hydrogen-bond acceptors (Lipinski definition) is 2. The highest BCUT2D eigenvalue weighted by molar-refractivity contribution is 6.41. The Morgan fingerprint density at radius 2 is 2.15 bits per heavy atom. The molecule has 1 rings (SSSR count). The minimum Gasteiger partial charge on any atom is -0.328 e. The summed E-state index contributed by atoms with van der Waals surface area (Å²) < 4.78 is 1.69. The average molecular weight is 222 g/mol. The van der Waals surface area contributed by atoms with Gasteiger partial charge in [0.05, 0.1) is 11.7 Å². The molecular weight excluding hydrogens is 209 g/mol. The van der Waals surface area contributed by atoms with Crippen molar-refractivity contribution in [2.75, 3.05) is 6.54 Å². The van der Waals surface area contributed by atoms with Gasteiger partial charge in [-0.1, -0.05) is 30.1 Å². The predicted octanol–water partition coefficient (Wildman–Crippen LogP) is 2.41. The van der Waals surface area contributed by atoms with E-state index in [4.69, 9.17) is 28.9 Å². The van der Waals surface area contributed by atoms with Crippen molar-refractivity contribution in [2.45, 2.75) is 26.3 Å². The molecule has 5 heteroatoms. The second-order valence-corrected chi connectivity index (χ2v) is 3.67. The first-order valence-electron chi connectivity index (χ1n) is 4.22. The third-order valence-electron chi connectivity index (χ3n) is 2.05. The molecule has 0 spiro atoms. The lowest BCUT2D eigenvalue weighted by atomic mass is 10.2. The molecule has 13 heavy (non-hydrogen) atoms. The number of rotatable bonds is 3. The van der Waals surface area contributed by atoms with Crippen LogP contribution in [0.2, 0.25) is 10.2 Å². The van der Waals surface area contributed by atoms with Crippen LogP contribution >= 0.6 is 23.2 Å². The quantitative estimate of drug-likeness (QED) is 0.853. The molecule has 0 saturated carbocycles. The number of aryl methyl sites for hydroxylation is 1. The first kappa shape index (κ1) is 10.8. The van der Waals surface area contributed by atoms with Gasteiger partial charge in [-0.05, 0) is 13.3 Å². The van der Waals surface area contributed by atoms with Gasteiger partial charge >= 0.3 is 0 Å². The van der Waals surface area contributed by atoms with Crippen LogP contribution in [-0.4, -0.2) is 16.3 Å². The summed E-state index contributed by atoms with van der Waals surface area (Å²) in [6.45, 7) is 4.39. The topological polar surface area (TPSA) is 43.8 Å². The van der Waals surface area contributed by atoms with E-state index in [0.29, 0.717) is 16.7 Å². The molecule has 0 amide bonds. The van der Waals surface area contributed by atoms with Crippen LogP contribution in [-0.2, 0) is 0 Å². The Morgan fingerprint density at radius 3 is 2.46 bits per heavy atom. The predicted molar refractivity (Wildman–Crippen MR) is 55.4 cm³/mol. The SMILES string of the molecule is CC[C@@H](CN)n1nc(C)c(Cl)c1Cl. The minimum atomic E-state index is 0.138. The molecule has 0 aliphatic rings. The third kappa shape index (κ3) is 1.98. The Kier molecular flexibility index (Phi) is 3.59. The van der Waals surface area contributed by atoms with Gasteiger partial charge in [-0.3, -0.25) is 0 Å². The Morgan fingerprint density at radius 1 is 1.54 bits per heavy atom. The number of hydrogen-bond donors (Lipinski definition) is 1. The Bertz CT molecular complexity index is 292. The van der Waals surface area contributed by atoms with Crippen LogP contribution in [0.25, 0.3) is 0 Å². The Hall–Kier alpha value is -0.250. The van der Waals surface area contributed by atoms with Crippen LogP contribution in [0.15, 0.2) is 0 Å². The van der Waals surface area contributed by atoms with Crippen molar-refractivity contribution in [1.82, 2.24) is 9.78 Å². The van der Waals surface area contributed by atoms with E-state index in [1.165, 1.54) is 0 Å². The lowest BCUT2D eigenvalue weighted by Gasteiger charge is -2.13. The van der Waals surface area contributed by atoms with Gasteiger partial charge in [-0.15, -0.1) is 0 Å². The second kappa shape index (κ2) is 4.31. The third-order valence-corrected chi connectivity index (χ3v) is 2.96. The molecular formula is C8H13Cl2N3. The minimum absolute atomic E-state index is 0.138. The van der Waals surface area contributed by atoms with Gasteiger partial charge in [-0.2, -0.15) is 5.10 Å². The lowest BCUT2D eigenvalue weighted by molar-refractivity contribution is 0.448. The fourth-order valence-corrected chi connectivity index (χ4v) is 1.62. The molecule has 0 bridgehead atoms. The highest BCUT2D eigenvalue weighted by Gasteiger charge is 2.16. The van der Waals surface area contributed by atoms with E-state index < -0.39 is 0 Å². The summed E-state index contributed by atoms with van der Waals surface area (Å²) >= 11 is 11.9. The maximum absolute atomic E-state index is 5.98. The number of halogens is 2. The summed E-state index contributed by atoms with van der Waals surface area (Å²) in [6.07, 6.45) is 0.896. The van der Waals surface area contributed by atoms with Gasteiger partial charge in [0.2, 0.25) is 0 Å². The monoisotopic (exact) mass is 221 g/mol. The zero-order valence-electron chi connectivity index (χ0n) is 7.72. The molecule has 1 atom stereocenters. The van der Waals surface area contributed by atoms with Crippen molar-refractivity contribution < 1.29 is 0 Å². The van der Waals surface area contributed by atoms with E-state index in [2.05, 4.69) is 5.10 Å². The summed E-state index contributed by atoms with van der Waals surface area (Å²) in [5.74, 6) is 0. The second-order valence-electron chi connectivity index (χ2n) is 2.93. The molecule has 0 radical (unpaired) electrons. The summed E-state index contributed by atoms with van der Waals surface area (Å²) in [5.41, 5.74) is 6.33. The van der Waals surface area contributed by atoms with Gasteiger partial charge < -0.3 is 5.73 Å². The van der Waals surface area contributed by atoms with E-state index in [1.54, 1.807) is 4.68 Å². The molecule has 0 saturated heterocycles. The van der Waals surface area contributed by atoms with Crippen molar-refractivity contribution in [3.05, 3.63) is 15.9 Å². The number of nitrogens with zero attached hydrogens (tertiary/aromatic N) is 2. The largest absolute Gasteiger partial charge is 0.328 e. The highest BCUT2D eigenvalue weighted by atomic mass is 35.5. The first-order valence-corrected chi connectivity index (χ1v) is 4.97. The van der Waals surface area contributed by atoms with Gasteiger partial charge in [0.1, 0.15) is 10.2 Å². The molecule has 74 valence electrons. The molecule has 2 N–H and O–H groups in total. The molecule has 0 fully saturated rings. The van der Waals surface area contributed by atoms with Crippen molar-refractivity contribution >= 4 is 23.2 Å². The molecule has 0 aliphatic carbocycles. The van der Waals surface area contributed by atoms with Crippen LogP contribution in [0, 0.1) is 6.92 Å². The number of nitrogens with two attached hydrogens (primary N) is 1. The standard InChI is InChI=1S/C8H13Cl2N3/c1-3-6(4-11)13-8(10)7(9)5(2)12-13/h6H,3-4,11H2,1-2H3/t6-/m0/s1. The molecule has 1 heterocycles. The summed E-state index contributed by atoms with van der Waals surface area (Å²) in [6, 6.07) is 0.138. The molecule has 0 aromatic carbocycles. The van der Waals surface area contributed by atoms with Gasteiger partial charge in [0.25, 0.3) is 0 Å². The van der Waals surface area contributed by atoms with E-state index in [1.807, 2.05) is 13.8 Å². The van der Waals surface area contributed by atoms with Crippen LogP contribution in [0.5, 0.6) is 0 Å². The fourth-order valence-electron chi connectivity index (χ4n) is 1.18. The molecule has 1 aromatic rings. The summed E-state index contributed by atoms with van der Waals surface area (Å²) in [7, 11) is 0. The maximum Gasteiger partial charge on any atom is 0.146 e. The van der Waals surface area contributed by atoms with Gasteiger partial charge in [-0.25, -0.2) is 4.68 Å². The zero-order chi connectivity index (χ0) is 10.0. The molecule has 1 aromatic heterocycles. The van der Waals surface area contributed by atoms with Crippen LogP contribution < -0.4 is 5.73 Å². The normalized spacial score (nSPS) is 13.3. The van der Waals surface area contributed by atoms with E-state index in [9.17, 15) is 0 Å². The van der Waals surface area contributed by atoms with Crippen molar-refractivity contribution in [2.24, 2.45) is 5.73 Å². The fraction of sp³-hybridized carbons (Fsp3) is 0.625. The molecule has 3 nitrogen and oxygen atoms in total. The summed E-state index contributed by atoms with van der Waals surface area (Å²) in [5, 5.41) is 5.23. The lowest BCUT2D eigenvalue weighted by Crippen LogP contribution is -2.19. The van der Waals surface area contributed by atoms with E-state index in [0.717, 1.165) is 12.1 Å². The van der Waals surface area contributed by atoms with Crippen molar-refractivity contribution in [1.29, 1.82) is 0 Å². The highest BCUT2D eigenvalue weighted by Crippen LogP contribution is 2.28. The average Bonchev–Trinajstić information content (AvgIpc) is 2.36. The van der Waals surface area contributed by atoms with Crippen molar-refractivity contribution in [3.8, 4) is 0 Å². The van der Waals surface area contributed by atoms with Crippen LogP contribution in [0.4, 0.5) is 0 Å². The van der Waals surface area contributed by atoms with Gasteiger partial charge in [0.15, 0.2) is 0 Å². The Labute approximate surface area is 87.8 Å². The molecule has 0 aliphatic heterocycles. The van der Waals surface area contributed by atoms with Crippen molar-refractivity contribution in [3.63, 3.8) is 0 Å². The van der Waals surface area contributed by atoms with Crippen LogP contribution in [0.3, 0.4) is 0 Å². The number of aromatic nitrogens is 2. The summed E-state index contributed by atoms with van der Waals surface area (Å²) in [4.78, 5) is 0.